The van der Waals surface area contributed by atoms with Gasteiger partial charge >= 0.3 is 0 Å². The van der Waals surface area contributed by atoms with Gasteiger partial charge in [0.15, 0.2) is 0 Å². The topological polar surface area (TPSA) is 86.8 Å². The van der Waals surface area contributed by atoms with E-state index in [9.17, 15) is 22.4 Å². The third-order valence-electron chi connectivity index (χ3n) is 5.95. The predicted octanol–water partition coefficient (Wildman–Crippen LogP) is 4.00. The van der Waals surface area contributed by atoms with Gasteiger partial charge in [-0.2, -0.15) is 0 Å². The lowest BCUT2D eigenvalue weighted by Gasteiger charge is -2.33. The van der Waals surface area contributed by atoms with E-state index in [2.05, 4.69) is 5.32 Å². The first kappa shape index (κ1) is 28.8. The minimum absolute atomic E-state index is 0.104. The van der Waals surface area contributed by atoms with Crippen LogP contribution < -0.4 is 9.62 Å². The van der Waals surface area contributed by atoms with Gasteiger partial charge < -0.3 is 10.2 Å². The average Bonchev–Trinajstić information content (AvgIpc) is 2.89. The molecule has 7 nitrogen and oxygen atoms in total. The molecule has 38 heavy (non-hydrogen) atoms. The van der Waals surface area contributed by atoms with Crippen molar-refractivity contribution in [3.05, 3.63) is 102 Å². The van der Waals surface area contributed by atoms with Gasteiger partial charge in [-0.15, -0.1) is 0 Å². The molecule has 0 aromatic heterocycles. The summed E-state index contributed by atoms with van der Waals surface area (Å²) in [6, 6.07) is 22.6. The molecule has 3 rings (SSSR count). The number of sulfonamides is 1. The monoisotopic (exact) mass is 539 g/mol. The van der Waals surface area contributed by atoms with E-state index in [0.717, 1.165) is 33.8 Å². The second-order valence-electron chi connectivity index (χ2n) is 9.60. The molecule has 0 aliphatic rings. The summed E-state index contributed by atoms with van der Waals surface area (Å²) in [4.78, 5) is 28.8. The fourth-order valence-corrected chi connectivity index (χ4v) is 4.83. The van der Waals surface area contributed by atoms with Gasteiger partial charge in [-0.3, -0.25) is 13.9 Å². The van der Waals surface area contributed by atoms with Gasteiger partial charge in [0.2, 0.25) is 21.8 Å². The molecule has 1 atom stereocenters. The van der Waals surface area contributed by atoms with Gasteiger partial charge in [-0.05, 0) is 41.3 Å². The highest BCUT2D eigenvalue weighted by molar-refractivity contribution is 7.92. The molecule has 0 saturated heterocycles. The van der Waals surface area contributed by atoms with Crippen molar-refractivity contribution >= 4 is 27.5 Å². The molecule has 0 unspecified atom stereocenters. The molecule has 1 N–H and O–H groups in total. The molecule has 9 heteroatoms. The van der Waals surface area contributed by atoms with E-state index in [1.54, 1.807) is 0 Å². The number of carbonyl (C=O) groups excluding carboxylic acids is 2. The van der Waals surface area contributed by atoms with Crippen LogP contribution in [0.15, 0.2) is 84.9 Å². The maximum absolute atomic E-state index is 13.9. The highest BCUT2D eigenvalue weighted by atomic mass is 32.2. The van der Waals surface area contributed by atoms with Gasteiger partial charge in [0, 0.05) is 19.5 Å². The van der Waals surface area contributed by atoms with Crippen LogP contribution >= 0.6 is 0 Å². The molecule has 0 spiro atoms. The van der Waals surface area contributed by atoms with Crippen molar-refractivity contribution in [2.24, 2.45) is 5.92 Å². The van der Waals surface area contributed by atoms with Crippen LogP contribution in [-0.2, 0) is 32.6 Å². The first-order valence-electron chi connectivity index (χ1n) is 12.4. The van der Waals surface area contributed by atoms with Crippen molar-refractivity contribution in [2.75, 3.05) is 23.7 Å². The lowest BCUT2D eigenvalue weighted by atomic mass is 10.0. The summed E-state index contributed by atoms with van der Waals surface area (Å²) in [5.74, 6) is -1.19. The molecule has 3 aromatic carbocycles. The molecular formula is C29H34FN3O4S. The van der Waals surface area contributed by atoms with Crippen LogP contribution in [-0.4, -0.2) is 50.5 Å². The minimum atomic E-state index is -3.90. The number of anilines is 1. The molecule has 2 amide bonds. The Morgan fingerprint density at radius 2 is 1.42 bits per heavy atom. The van der Waals surface area contributed by atoms with Crippen LogP contribution in [0.25, 0.3) is 0 Å². The first-order valence-corrected chi connectivity index (χ1v) is 14.3. The molecule has 202 valence electrons. The Hall–Kier alpha value is -3.72. The number of rotatable bonds is 12. The highest BCUT2D eigenvalue weighted by Gasteiger charge is 2.33. The fourth-order valence-electron chi connectivity index (χ4n) is 3.98. The highest BCUT2D eigenvalue weighted by Crippen LogP contribution is 2.20. The van der Waals surface area contributed by atoms with Gasteiger partial charge in [-0.1, -0.05) is 74.5 Å². The number of nitrogens with one attached hydrogen (secondary N) is 1. The number of hydrogen-bond donors (Lipinski definition) is 1. The van der Waals surface area contributed by atoms with Crippen molar-refractivity contribution in [2.45, 2.75) is 32.9 Å². The SMILES string of the molecule is CC(C)CNC(=O)[C@@H](Cc1ccccc1)N(Cc1ccccc1)C(=O)CN(c1ccc(F)cc1)S(C)(=O)=O. The molecule has 0 aliphatic carbocycles. The summed E-state index contributed by atoms with van der Waals surface area (Å²) in [7, 11) is -3.90. The maximum Gasteiger partial charge on any atom is 0.244 e. The molecular weight excluding hydrogens is 505 g/mol. The van der Waals surface area contributed by atoms with Crippen LogP contribution in [0.5, 0.6) is 0 Å². The number of nitrogens with zero attached hydrogens (tertiary/aromatic N) is 2. The molecule has 0 fully saturated rings. The van der Waals surface area contributed by atoms with Crippen LogP contribution in [0, 0.1) is 11.7 Å². The predicted molar refractivity (Wildman–Crippen MR) is 147 cm³/mol. The van der Waals surface area contributed by atoms with Crippen LogP contribution in [0.1, 0.15) is 25.0 Å². The van der Waals surface area contributed by atoms with E-state index in [1.165, 1.54) is 17.0 Å². The van der Waals surface area contributed by atoms with E-state index < -0.39 is 34.3 Å². The van der Waals surface area contributed by atoms with E-state index in [1.807, 2.05) is 74.5 Å². The number of hydrogen-bond acceptors (Lipinski definition) is 4. The minimum Gasteiger partial charge on any atom is -0.354 e. The molecule has 0 aliphatic heterocycles. The van der Waals surface area contributed by atoms with Gasteiger partial charge in [0.05, 0.1) is 11.9 Å². The third kappa shape index (κ3) is 8.41. The fraction of sp³-hybridized carbons (Fsp3) is 0.310. The molecule has 3 aromatic rings. The molecule has 0 bridgehead atoms. The second-order valence-corrected chi connectivity index (χ2v) is 11.5. The van der Waals surface area contributed by atoms with E-state index in [4.69, 9.17) is 0 Å². The number of carbonyl (C=O) groups is 2. The largest absolute Gasteiger partial charge is 0.354 e. The Morgan fingerprint density at radius 3 is 1.95 bits per heavy atom. The Balaban J connectivity index is 2.01. The second kappa shape index (κ2) is 13.2. The summed E-state index contributed by atoms with van der Waals surface area (Å²) in [5, 5.41) is 2.94. The van der Waals surface area contributed by atoms with Crippen LogP contribution in [0.2, 0.25) is 0 Å². The summed E-state index contributed by atoms with van der Waals surface area (Å²) >= 11 is 0. The lowest BCUT2D eigenvalue weighted by molar-refractivity contribution is -0.140. The molecule has 0 saturated carbocycles. The number of benzene rings is 3. The summed E-state index contributed by atoms with van der Waals surface area (Å²) in [6.07, 6.45) is 1.24. The van der Waals surface area contributed by atoms with Crippen molar-refractivity contribution in [1.82, 2.24) is 10.2 Å². The van der Waals surface area contributed by atoms with Crippen molar-refractivity contribution in [3.63, 3.8) is 0 Å². The van der Waals surface area contributed by atoms with Crippen molar-refractivity contribution < 1.29 is 22.4 Å². The molecule has 0 radical (unpaired) electrons. The lowest BCUT2D eigenvalue weighted by Crippen LogP contribution is -2.53. The smallest absolute Gasteiger partial charge is 0.244 e. The van der Waals surface area contributed by atoms with Crippen LogP contribution in [0.3, 0.4) is 0 Å². The Labute approximate surface area is 224 Å². The van der Waals surface area contributed by atoms with Crippen LogP contribution in [0.4, 0.5) is 10.1 Å². The van der Waals surface area contributed by atoms with E-state index in [0.29, 0.717) is 6.54 Å². The Morgan fingerprint density at radius 1 is 0.868 bits per heavy atom. The van der Waals surface area contributed by atoms with E-state index in [-0.39, 0.29) is 30.5 Å². The van der Waals surface area contributed by atoms with E-state index >= 15 is 0 Å². The summed E-state index contributed by atoms with van der Waals surface area (Å²) in [5.41, 5.74) is 1.82. The van der Waals surface area contributed by atoms with Gasteiger partial charge in [0.1, 0.15) is 18.4 Å². The normalized spacial score (nSPS) is 12.1. The van der Waals surface area contributed by atoms with Crippen molar-refractivity contribution in [1.29, 1.82) is 0 Å². The quantitative estimate of drug-likeness (QED) is 0.377. The maximum atomic E-state index is 13.9. The Kier molecular flexibility index (Phi) is 10.0. The zero-order valence-corrected chi connectivity index (χ0v) is 22.7. The first-order chi connectivity index (χ1) is 18.0. The van der Waals surface area contributed by atoms with Gasteiger partial charge in [0.25, 0.3) is 0 Å². The molecule has 0 heterocycles. The zero-order chi connectivity index (χ0) is 27.7. The number of halogens is 1. The summed E-state index contributed by atoms with van der Waals surface area (Å²) in [6.45, 7) is 3.95. The van der Waals surface area contributed by atoms with Crippen molar-refractivity contribution in [3.8, 4) is 0 Å². The zero-order valence-electron chi connectivity index (χ0n) is 21.9. The Bertz CT molecular complexity index is 1300. The third-order valence-corrected chi connectivity index (χ3v) is 7.09. The van der Waals surface area contributed by atoms with Gasteiger partial charge in [-0.25, -0.2) is 12.8 Å². The average molecular weight is 540 g/mol. The summed E-state index contributed by atoms with van der Waals surface area (Å²) < 4.78 is 39.8. The number of amides is 2. The standard InChI is InChI=1S/C29H34FN3O4S/c1-22(2)19-31-29(35)27(18-23-10-6-4-7-11-23)32(20-24-12-8-5-9-13-24)28(34)21-33(38(3,36)37)26-16-14-25(30)15-17-26/h4-17,22,27H,18-21H2,1-3H3,(H,31,35)/t27-/m1/s1.